The Morgan fingerprint density at radius 3 is 3.15 bits per heavy atom. The zero-order chi connectivity index (χ0) is 18.6. The predicted octanol–water partition coefficient (Wildman–Crippen LogP) is 1.13. The molecule has 2 N–H and O–H groups in total. The molecule has 8 heteroatoms. The molecule has 1 amide bonds. The summed E-state index contributed by atoms with van der Waals surface area (Å²) < 4.78 is 10.6. The first-order valence-electron chi connectivity index (χ1n) is 9.40. The summed E-state index contributed by atoms with van der Waals surface area (Å²) in [6, 6.07) is 3.76. The first-order chi connectivity index (χ1) is 13.2. The minimum atomic E-state index is 0.0491. The number of pyridine rings is 1. The van der Waals surface area contributed by atoms with Crippen LogP contribution in [0.2, 0.25) is 0 Å². The van der Waals surface area contributed by atoms with Crippen molar-refractivity contribution >= 4 is 5.91 Å². The van der Waals surface area contributed by atoms with E-state index in [4.69, 9.17) is 14.5 Å². The Labute approximate surface area is 158 Å². The summed E-state index contributed by atoms with van der Waals surface area (Å²) >= 11 is 0. The Bertz CT molecular complexity index is 783. The lowest BCUT2D eigenvalue weighted by Gasteiger charge is -2.25. The number of amides is 1. The molecule has 0 aliphatic carbocycles. The second-order valence-corrected chi connectivity index (χ2v) is 7.00. The fourth-order valence-corrected chi connectivity index (χ4v) is 3.55. The fourth-order valence-electron chi connectivity index (χ4n) is 3.55. The number of ether oxygens (including phenoxy) is 2. The molecule has 1 fully saturated rings. The van der Waals surface area contributed by atoms with Gasteiger partial charge in [0.05, 0.1) is 31.1 Å². The molecule has 2 aliphatic heterocycles. The largest absolute Gasteiger partial charge is 0.481 e. The molecule has 144 valence electrons. The van der Waals surface area contributed by atoms with Gasteiger partial charge in [-0.3, -0.25) is 9.69 Å². The summed E-state index contributed by atoms with van der Waals surface area (Å²) in [6.45, 7) is 3.33. The highest BCUT2D eigenvalue weighted by molar-refractivity contribution is 5.78. The molecule has 2 aromatic heterocycles. The summed E-state index contributed by atoms with van der Waals surface area (Å²) in [6.07, 6.45) is 4.87. The first-order valence-corrected chi connectivity index (χ1v) is 9.40. The quantitative estimate of drug-likeness (QED) is 0.791. The minimum Gasteiger partial charge on any atom is -0.481 e. The number of hydrogen-bond donors (Lipinski definition) is 2. The van der Waals surface area contributed by atoms with E-state index >= 15 is 0 Å². The molecule has 1 saturated heterocycles. The molecule has 27 heavy (non-hydrogen) atoms. The molecule has 0 spiro atoms. The van der Waals surface area contributed by atoms with Crippen LogP contribution in [0.25, 0.3) is 11.4 Å². The van der Waals surface area contributed by atoms with Crippen LogP contribution in [0.4, 0.5) is 0 Å². The van der Waals surface area contributed by atoms with Gasteiger partial charge in [-0.2, -0.15) is 0 Å². The lowest BCUT2D eigenvalue weighted by atomic mass is 10.1. The highest BCUT2D eigenvalue weighted by Gasteiger charge is 2.23. The van der Waals surface area contributed by atoms with E-state index in [1.807, 2.05) is 12.1 Å². The van der Waals surface area contributed by atoms with E-state index in [9.17, 15) is 4.79 Å². The third-order valence-electron chi connectivity index (χ3n) is 5.05. The van der Waals surface area contributed by atoms with Gasteiger partial charge in [-0.05, 0) is 18.9 Å². The average molecular weight is 371 g/mol. The standard InChI is InChI=1S/C19H25N5O3/c1-26-18-5-4-13(9-21-18)19-22-15-6-7-24(11-16(15)23-19)12-17(25)20-10-14-3-2-8-27-14/h4-5,9,14H,2-3,6-8,10-12H2,1H3,(H,20,25)(H,22,23)/t14-/m1/s1. The second-order valence-electron chi connectivity index (χ2n) is 7.00. The molecule has 1 atom stereocenters. The molecule has 0 unspecified atom stereocenters. The highest BCUT2D eigenvalue weighted by atomic mass is 16.5. The van der Waals surface area contributed by atoms with Crippen molar-refractivity contribution in [2.75, 3.05) is 33.4 Å². The normalized spacial score (nSPS) is 19.7. The number of nitrogens with one attached hydrogen (secondary N) is 2. The second kappa shape index (κ2) is 8.06. The van der Waals surface area contributed by atoms with Crippen LogP contribution in [0.15, 0.2) is 18.3 Å². The number of fused-ring (bicyclic) bond motifs is 1. The number of rotatable bonds is 6. The SMILES string of the molecule is COc1ccc(-c2nc3c([nH]2)CN(CC(=O)NC[C@H]2CCCO2)CC3)cn1. The number of carbonyl (C=O) groups excluding carboxylic acids is 1. The van der Waals surface area contributed by atoms with E-state index in [1.165, 1.54) is 0 Å². The lowest BCUT2D eigenvalue weighted by molar-refractivity contribution is -0.123. The van der Waals surface area contributed by atoms with Gasteiger partial charge < -0.3 is 19.8 Å². The van der Waals surface area contributed by atoms with E-state index in [-0.39, 0.29) is 12.0 Å². The monoisotopic (exact) mass is 371 g/mol. The molecule has 4 heterocycles. The Morgan fingerprint density at radius 2 is 2.41 bits per heavy atom. The summed E-state index contributed by atoms with van der Waals surface area (Å²) in [7, 11) is 1.60. The number of aromatic amines is 1. The van der Waals surface area contributed by atoms with Gasteiger partial charge in [-0.1, -0.05) is 0 Å². The number of carbonyl (C=O) groups is 1. The van der Waals surface area contributed by atoms with E-state index in [0.29, 0.717) is 25.5 Å². The summed E-state index contributed by atoms with van der Waals surface area (Å²) in [5.41, 5.74) is 3.06. The molecule has 2 aliphatic rings. The Kier molecular flexibility index (Phi) is 5.35. The van der Waals surface area contributed by atoms with Crippen LogP contribution in [-0.4, -0.2) is 65.2 Å². The number of imidazole rings is 1. The van der Waals surface area contributed by atoms with Gasteiger partial charge in [0.1, 0.15) is 5.82 Å². The highest BCUT2D eigenvalue weighted by Crippen LogP contribution is 2.23. The van der Waals surface area contributed by atoms with Crippen LogP contribution in [0.3, 0.4) is 0 Å². The minimum absolute atomic E-state index is 0.0491. The molecule has 0 aromatic carbocycles. The zero-order valence-electron chi connectivity index (χ0n) is 15.5. The Morgan fingerprint density at radius 1 is 1.48 bits per heavy atom. The van der Waals surface area contributed by atoms with Gasteiger partial charge in [0.2, 0.25) is 11.8 Å². The topological polar surface area (TPSA) is 92.4 Å². The van der Waals surface area contributed by atoms with Gasteiger partial charge >= 0.3 is 0 Å². The van der Waals surface area contributed by atoms with Crippen LogP contribution in [0.1, 0.15) is 24.2 Å². The van der Waals surface area contributed by atoms with Gasteiger partial charge in [0.25, 0.3) is 0 Å². The van der Waals surface area contributed by atoms with Crippen molar-refractivity contribution in [3.05, 3.63) is 29.7 Å². The van der Waals surface area contributed by atoms with Crippen LogP contribution >= 0.6 is 0 Å². The molecule has 2 aromatic rings. The Hall–Kier alpha value is -2.45. The molecule has 0 saturated carbocycles. The van der Waals surface area contributed by atoms with Gasteiger partial charge in [-0.15, -0.1) is 0 Å². The van der Waals surface area contributed by atoms with Crippen molar-refractivity contribution in [3.63, 3.8) is 0 Å². The van der Waals surface area contributed by atoms with Crippen molar-refractivity contribution in [3.8, 4) is 17.3 Å². The van der Waals surface area contributed by atoms with E-state index in [0.717, 1.165) is 55.2 Å². The average Bonchev–Trinajstić information content (AvgIpc) is 3.36. The van der Waals surface area contributed by atoms with E-state index < -0.39 is 0 Å². The number of nitrogens with zero attached hydrogens (tertiary/aromatic N) is 3. The molecule has 0 radical (unpaired) electrons. The lowest BCUT2D eigenvalue weighted by Crippen LogP contribution is -2.42. The molecule has 0 bridgehead atoms. The molecular formula is C19H25N5O3. The van der Waals surface area contributed by atoms with Crippen molar-refractivity contribution < 1.29 is 14.3 Å². The van der Waals surface area contributed by atoms with E-state index in [2.05, 4.69) is 20.2 Å². The van der Waals surface area contributed by atoms with Crippen molar-refractivity contribution in [1.82, 2.24) is 25.2 Å². The van der Waals surface area contributed by atoms with Crippen LogP contribution in [0.5, 0.6) is 5.88 Å². The summed E-state index contributed by atoms with van der Waals surface area (Å²) in [5.74, 6) is 1.43. The molecule has 8 nitrogen and oxygen atoms in total. The smallest absolute Gasteiger partial charge is 0.234 e. The maximum Gasteiger partial charge on any atom is 0.234 e. The van der Waals surface area contributed by atoms with Crippen LogP contribution in [0, 0.1) is 0 Å². The Balaban J connectivity index is 1.33. The van der Waals surface area contributed by atoms with Crippen molar-refractivity contribution in [2.24, 2.45) is 0 Å². The van der Waals surface area contributed by atoms with E-state index in [1.54, 1.807) is 13.3 Å². The molecular weight excluding hydrogens is 346 g/mol. The number of methoxy groups -OCH3 is 1. The third-order valence-corrected chi connectivity index (χ3v) is 5.05. The van der Waals surface area contributed by atoms with Gasteiger partial charge in [-0.25, -0.2) is 9.97 Å². The number of hydrogen-bond acceptors (Lipinski definition) is 6. The fraction of sp³-hybridized carbons (Fsp3) is 0.526. The van der Waals surface area contributed by atoms with Crippen LogP contribution < -0.4 is 10.1 Å². The zero-order valence-corrected chi connectivity index (χ0v) is 15.5. The predicted molar refractivity (Wildman–Crippen MR) is 99.3 cm³/mol. The summed E-state index contributed by atoms with van der Waals surface area (Å²) in [5, 5.41) is 2.99. The first kappa shape index (κ1) is 17.9. The van der Waals surface area contributed by atoms with Gasteiger partial charge in [0, 0.05) is 50.5 Å². The van der Waals surface area contributed by atoms with Crippen molar-refractivity contribution in [1.29, 1.82) is 0 Å². The van der Waals surface area contributed by atoms with Gasteiger partial charge in [0.15, 0.2) is 0 Å². The third kappa shape index (κ3) is 4.28. The van der Waals surface area contributed by atoms with Crippen LogP contribution in [-0.2, 0) is 22.5 Å². The van der Waals surface area contributed by atoms with Crippen molar-refractivity contribution in [2.45, 2.75) is 31.9 Å². The number of aromatic nitrogens is 3. The summed E-state index contributed by atoms with van der Waals surface area (Å²) in [4.78, 5) is 26.7. The maximum absolute atomic E-state index is 12.2. The molecule has 4 rings (SSSR count). The number of H-pyrrole nitrogens is 1. The maximum atomic E-state index is 12.2.